The fourth-order valence-corrected chi connectivity index (χ4v) is 6.74. The Kier molecular flexibility index (Phi) is 6.14. The molecule has 3 aromatic rings. The second-order valence-electron chi connectivity index (χ2n) is 8.70. The van der Waals surface area contributed by atoms with Crippen molar-refractivity contribution in [3.05, 3.63) is 60.2 Å². The molecule has 3 N–H and O–H groups in total. The number of anilines is 2. The van der Waals surface area contributed by atoms with Gasteiger partial charge in [0, 0.05) is 11.4 Å². The van der Waals surface area contributed by atoms with E-state index in [0.29, 0.717) is 5.69 Å². The number of aliphatic carboxylic acids is 1. The predicted octanol–water partition coefficient (Wildman–Crippen LogP) is 4.80. The van der Waals surface area contributed by atoms with E-state index in [2.05, 4.69) is 15.6 Å². The quantitative estimate of drug-likeness (QED) is 0.322. The number of carbonyl (C=O) groups is 3. The number of fused-ring (bicyclic) bond motifs is 3. The summed E-state index contributed by atoms with van der Waals surface area (Å²) in [6.45, 7) is 1.97. The number of carboxylic acid groups (broad SMARTS) is 1. The van der Waals surface area contributed by atoms with Crippen LogP contribution in [0.25, 0.3) is 10.2 Å². The Morgan fingerprint density at radius 3 is 2.59 bits per heavy atom. The maximum Gasteiger partial charge on any atom is 0.307 e. The van der Waals surface area contributed by atoms with E-state index in [1.165, 1.54) is 23.1 Å². The summed E-state index contributed by atoms with van der Waals surface area (Å²) < 4.78 is 1.66. The highest BCUT2D eigenvalue weighted by Crippen LogP contribution is 2.48. The summed E-state index contributed by atoms with van der Waals surface area (Å²) in [6.07, 6.45) is 4.62. The maximum atomic E-state index is 12.9. The van der Waals surface area contributed by atoms with E-state index in [0.717, 1.165) is 32.2 Å². The van der Waals surface area contributed by atoms with Crippen LogP contribution in [-0.4, -0.2) is 33.6 Å². The SMILES string of the molecule is Cc1cccc(NC(=O)CSc2nc3ccc(NC(=O)[C@H]4[C@H](C(=O)O)[C@H]5C=C[C@H]4C5)cc3s2)c1. The molecule has 0 saturated heterocycles. The van der Waals surface area contributed by atoms with Gasteiger partial charge < -0.3 is 15.7 Å². The number of benzene rings is 2. The first-order valence-electron chi connectivity index (χ1n) is 11.0. The zero-order valence-electron chi connectivity index (χ0n) is 18.4. The van der Waals surface area contributed by atoms with Crippen LogP contribution >= 0.6 is 23.1 Å². The minimum Gasteiger partial charge on any atom is -0.481 e. The lowest BCUT2D eigenvalue weighted by Crippen LogP contribution is -2.36. The zero-order chi connectivity index (χ0) is 23.8. The summed E-state index contributed by atoms with van der Waals surface area (Å²) in [4.78, 5) is 41.5. The number of allylic oxidation sites excluding steroid dienone is 2. The molecule has 1 aromatic heterocycles. The minimum atomic E-state index is -0.914. The molecule has 2 aliphatic carbocycles. The summed E-state index contributed by atoms with van der Waals surface area (Å²) >= 11 is 2.82. The molecular formula is C25H23N3O4S2. The van der Waals surface area contributed by atoms with Gasteiger partial charge in [-0.2, -0.15) is 0 Å². The molecule has 5 rings (SSSR count). The van der Waals surface area contributed by atoms with Crippen molar-refractivity contribution in [2.45, 2.75) is 17.7 Å². The molecule has 2 aromatic carbocycles. The number of hydrogen-bond donors (Lipinski definition) is 3. The van der Waals surface area contributed by atoms with Crippen molar-refractivity contribution in [2.75, 3.05) is 16.4 Å². The van der Waals surface area contributed by atoms with Gasteiger partial charge in [-0.1, -0.05) is 36.0 Å². The van der Waals surface area contributed by atoms with Gasteiger partial charge in [-0.05, 0) is 61.1 Å². The molecule has 1 heterocycles. The highest BCUT2D eigenvalue weighted by Gasteiger charge is 2.51. The number of aromatic nitrogens is 1. The number of rotatable bonds is 7. The van der Waals surface area contributed by atoms with Crippen LogP contribution in [0.4, 0.5) is 11.4 Å². The summed E-state index contributed by atoms with van der Waals surface area (Å²) in [5.74, 6) is -2.34. The van der Waals surface area contributed by atoms with Gasteiger partial charge in [0.2, 0.25) is 11.8 Å². The second-order valence-corrected chi connectivity index (χ2v) is 10.9. The van der Waals surface area contributed by atoms with Crippen molar-refractivity contribution in [3.8, 4) is 0 Å². The van der Waals surface area contributed by atoms with Crippen LogP contribution < -0.4 is 10.6 Å². The third-order valence-corrected chi connectivity index (χ3v) is 8.47. The molecule has 0 aliphatic heterocycles. The van der Waals surface area contributed by atoms with Gasteiger partial charge in [0.1, 0.15) is 0 Å². The van der Waals surface area contributed by atoms with Gasteiger partial charge in [-0.15, -0.1) is 11.3 Å². The lowest BCUT2D eigenvalue weighted by atomic mass is 9.82. The van der Waals surface area contributed by atoms with Crippen LogP contribution in [0.3, 0.4) is 0 Å². The molecule has 1 saturated carbocycles. The third-order valence-electron chi connectivity index (χ3n) is 6.31. The first-order valence-corrected chi connectivity index (χ1v) is 12.8. The second kappa shape index (κ2) is 9.23. The highest BCUT2D eigenvalue weighted by molar-refractivity contribution is 8.01. The van der Waals surface area contributed by atoms with Crippen LogP contribution in [0.15, 0.2) is 59.0 Å². The Balaban J connectivity index is 1.22. The average Bonchev–Trinajstić information content (AvgIpc) is 3.51. The fraction of sp³-hybridized carbons (Fsp3) is 0.280. The van der Waals surface area contributed by atoms with E-state index < -0.39 is 17.8 Å². The van der Waals surface area contributed by atoms with Crippen molar-refractivity contribution in [1.29, 1.82) is 0 Å². The predicted molar refractivity (Wildman–Crippen MR) is 134 cm³/mol. The average molecular weight is 494 g/mol. The van der Waals surface area contributed by atoms with Crippen molar-refractivity contribution in [2.24, 2.45) is 23.7 Å². The zero-order valence-corrected chi connectivity index (χ0v) is 20.0. The van der Waals surface area contributed by atoms with E-state index in [1.54, 1.807) is 6.07 Å². The largest absolute Gasteiger partial charge is 0.481 e. The number of nitrogens with zero attached hydrogens (tertiary/aromatic N) is 1. The topological polar surface area (TPSA) is 108 Å². The molecule has 7 nitrogen and oxygen atoms in total. The molecule has 34 heavy (non-hydrogen) atoms. The standard InChI is InChI=1S/C25H23N3O4S2/c1-13-3-2-4-16(9-13)26-20(29)12-33-25-28-18-8-7-17(11-19(18)34-25)27-23(30)21-14-5-6-15(10-14)22(21)24(31)32/h2-9,11,14-15,21-22H,10,12H2,1H3,(H,26,29)(H,27,30)(H,31,32)/t14-,15-,21+,22+/m0/s1. The van der Waals surface area contributed by atoms with Crippen LogP contribution in [0.5, 0.6) is 0 Å². The number of nitrogens with one attached hydrogen (secondary N) is 2. The number of carboxylic acids is 1. The van der Waals surface area contributed by atoms with Gasteiger partial charge in [-0.25, -0.2) is 4.98 Å². The number of thioether (sulfide) groups is 1. The van der Waals surface area contributed by atoms with E-state index in [4.69, 9.17) is 0 Å². The van der Waals surface area contributed by atoms with E-state index in [1.807, 2.05) is 55.5 Å². The number of thiazole rings is 1. The number of hydrogen-bond acceptors (Lipinski definition) is 6. The van der Waals surface area contributed by atoms with Crippen LogP contribution in [0.2, 0.25) is 0 Å². The molecule has 0 radical (unpaired) electrons. The highest BCUT2D eigenvalue weighted by atomic mass is 32.2. The monoisotopic (exact) mass is 493 g/mol. The van der Waals surface area contributed by atoms with E-state index >= 15 is 0 Å². The normalized spacial score (nSPS) is 22.7. The van der Waals surface area contributed by atoms with E-state index in [-0.39, 0.29) is 29.4 Å². The Labute approximate surface area is 204 Å². The fourth-order valence-electron chi connectivity index (χ4n) is 4.83. The Morgan fingerprint density at radius 2 is 1.82 bits per heavy atom. The molecule has 2 aliphatic rings. The molecule has 2 bridgehead atoms. The van der Waals surface area contributed by atoms with Crippen molar-refractivity contribution >= 4 is 62.5 Å². The lowest BCUT2D eigenvalue weighted by Gasteiger charge is -2.23. The van der Waals surface area contributed by atoms with Crippen molar-refractivity contribution in [3.63, 3.8) is 0 Å². The third kappa shape index (κ3) is 4.58. The number of amides is 2. The summed E-state index contributed by atoms with van der Waals surface area (Å²) in [7, 11) is 0. The number of aryl methyl sites for hydroxylation is 1. The first kappa shape index (κ1) is 22.6. The molecule has 0 spiro atoms. The van der Waals surface area contributed by atoms with Crippen LogP contribution in [-0.2, 0) is 14.4 Å². The number of carbonyl (C=O) groups excluding carboxylic acids is 2. The van der Waals surface area contributed by atoms with Gasteiger partial charge in [0.15, 0.2) is 4.34 Å². The Bertz CT molecular complexity index is 1320. The van der Waals surface area contributed by atoms with Crippen molar-refractivity contribution in [1.82, 2.24) is 4.98 Å². The van der Waals surface area contributed by atoms with Crippen molar-refractivity contribution < 1.29 is 19.5 Å². The van der Waals surface area contributed by atoms with Gasteiger partial charge in [0.05, 0.1) is 27.8 Å². The van der Waals surface area contributed by atoms with Gasteiger partial charge >= 0.3 is 5.97 Å². The smallest absolute Gasteiger partial charge is 0.307 e. The molecule has 174 valence electrons. The molecule has 2 amide bonds. The molecule has 0 unspecified atom stereocenters. The maximum absolute atomic E-state index is 12.9. The van der Waals surface area contributed by atoms with E-state index in [9.17, 15) is 19.5 Å². The van der Waals surface area contributed by atoms with Crippen LogP contribution in [0, 0.1) is 30.6 Å². The Morgan fingerprint density at radius 1 is 1.06 bits per heavy atom. The molecule has 4 atom stereocenters. The summed E-state index contributed by atoms with van der Waals surface area (Å²) in [5.41, 5.74) is 3.25. The molecule has 1 fully saturated rings. The minimum absolute atomic E-state index is 0.0211. The van der Waals surface area contributed by atoms with Crippen LogP contribution in [0.1, 0.15) is 12.0 Å². The molecule has 9 heteroatoms. The lowest BCUT2D eigenvalue weighted by molar-refractivity contribution is -0.146. The van der Waals surface area contributed by atoms with Gasteiger partial charge in [-0.3, -0.25) is 14.4 Å². The first-order chi connectivity index (χ1) is 16.4. The molecular weight excluding hydrogens is 470 g/mol. The summed E-state index contributed by atoms with van der Waals surface area (Å²) in [5, 5.41) is 15.4. The summed E-state index contributed by atoms with van der Waals surface area (Å²) in [6, 6.07) is 13.1. The Hall–Kier alpha value is -3.17. The van der Waals surface area contributed by atoms with Gasteiger partial charge in [0.25, 0.3) is 0 Å².